The lowest BCUT2D eigenvalue weighted by Gasteiger charge is -2.28. The van der Waals surface area contributed by atoms with Crippen LogP contribution in [0, 0.1) is 13.8 Å². The lowest BCUT2D eigenvalue weighted by atomic mass is 9.96. The van der Waals surface area contributed by atoms with Crippen molar-refractivity contribution < 1.29 is 9.47 Å². The molecular formula is C29H30N4O2S. The molecule has 2 atom stereocenters. The second-order valence-corrected chi connectivity index (χ2v) is 9.35. The predicted molar refractivity (Wildman–Crippen MR) is 146 cm³/mol. The molecule has 2 aromatic carbocycles. The molecule has 0 bridgehead atoms. The van der Waals surface area contributed by atoms with Gasteiger partial charge in [-0.2, -0.15) is 0 Å². The number of rotatable bonds is 7. The third-order valence-electron chi connectivity index (χ3n) is 6.83. The molecule has 2 aromatic heterocycles. The molecular weight excluding hydrogens is 468 g/mol. The van der Waals surface area contributed by atoms with Crippen molar-refractivity contribution in [2.24, 2.45) is 0 Å². The highest BCUT2D eigenvalue weighted by molar-refractivity contribution is 7.80. The van der Waals surface area contributed by atoms with E-state index in [1.807, 2.05) is 42.6 Å². The van der Waals surface area contributed by atoms with Gasteiger partial charge in [-0.05, 0) is 91.8 Å². The number of hydrogen-bond acceptors (Lipinski definition) is 4. The van der Waals surface area contributed by atoms with Crippen molar-refractivity contribution in [1.29, 1.82) is 0 Å². The molecule has 7 heteroatoms. The Balaban J connectivity index is 1.58. The van der Waals surface area contributed by atoms with Gasteiger partial charge >= 0.3 is 0 Å². The molecule has 5 rings (SSSR count). The zero-order valence-corrected chi connectivity index (χ0v) is 21.8. The summed E-state index contributed by atoms with van der Waals surface area (Å²) in [7, 11) is 3.37. The number of aryl methyl sites for hydroxylation is 1. The van der Waals surface area contributed by atoms with Crippen molar-refractivity contribution >= 4 is 17.3 Å². The summed E-state index contributed by atoms with van der Waals surface area (Å²) in [6.07, 6.45) is 1.84. The average molecular weight is 499 g/mol. The van der Waals surface area contributed by atoms with E-state index in [1.165, 1.54) is 11.3 Å². The first-order valence-corrected chi connectivity index (χ1v) is 12.3. The van der Waals surface area contributed by atoms with Crippen molar-refractivity contribution in [1.82, 2.24) is 19.8 Å². The highest BCUT2D eigenvalue weighted by Gasteiger charge is 2.41. The van der Waals surface area contributed by atoms with Gasteiger partial charge in [0.05, 0.1) is 32.0 Å². The zero-order valence-electron chi connectivity index (χ0n) is 20.9. The summed E-state index contributed by atoms with van der Waals surface area (Å²) in [5, 5.41) is 4.29. The molecule has 0 saturated carbocycles. The molecule has 1 saturated heterocycles. The van der Waals surface area contributed by atoms with Crippen molar-refractivity contribution in [3.05, 3.63) is 107 Å². The van der Waals surface area contributed by atoms with Gasteiger partial charge in [0, 0.05) is 29.8 Å². The molecule has 1 fully saturated rings. The molecule has 4 aromatic rings. The molecule has 0 spiro atoms. The zero-order chi connectivity index (χ0) is 25.2. The van der Waals surface area contributed by atoms with Gasteiger partial charge in [-0.3, -0.25) is 4.98 Å². The summed E-state index contributed by atoms with van der Waals surface area (Å²) < 4.78 is 13.0. The third kappa shape index (κ3) is 4.42. The van der Waals surface area contributed by atoms with E-state index in [9.17, 15) is 0 Å². The molecule has 1 aliphatic heterocycles. The molecule has 0 radical (unpaired) electrons. The van der Waals surface area contributed by atoms with Gasteiger partial charge in [0.2, 0.25) is 0 Å². The van der Waals surface area contributed by atoms with E-state index in [-0.39, 0.29) is 12.1 Å². The number of nitrogens with zero attached hydrogens (tertiary/aromatic N) is 3. The minimum atomic E-state index is -0.0678. The van der Waals surface area contributed by atoms with Crippen LogP contribution in [0.1, 0.15) is 40.3 Å². The molecule has 1 aliphatic rings. The van der Waals surface area contributed by atoms with Crippen molar-refractivity contribution in [3.8, 4) is 17.2 Å². The fourth-order valence-corrected chi connectivity index (χ4v) is 5.36. The maximum atomic E-state index is 5.89. The first-order valence-electron chi connectivity index (χ1n) is 11.9. The van der Waals surface area contributed by atoms with Gasteiger partial charge in [0.15, 0.2) is 5.11 Å². The van der Waals surface area contributed by atoms with Crippen LogP contribution in [-0.4, -0.2) is 33.8 Å². The van der Waals surface area contributed by atoms with Gasteiger partial charge in [-0.15, -0.1) is 0 Å². The van der Waals surface area contributed by atoms with Crippen molar-refractivity contribution in [2.75, 3.05) is 14.2 Å². The smallest absolute Gasteiger partial charge is 0.170 e. The lowest BCUT2D eigenvalue weighted by molar-refractivity contribution is 0.310. The van der Waals surface area contributed by atoms with Gasteiger partial charge in [0.25, 0.3) is 0 Å². The maximum Gasteiger partial charge on any atom is 0.170 e. The fraction of sp³-hybridized carbons (Fsp3) is 0.241. The largest absolute Gasteiger partial charge is 0.497 e. The monoisotopic (exact) mass is 498 g/mol. The van der Waals surface area contributed by atoms with Crippen LogP contribution in [0.3, 0.4) is 0 Å². The predicted octanol–water partition coefficient (Wildman–Crippen LogP) is 5.68. The van der Waals surface area contributed by atoms with E-state index in [2.05, 4.69) is 70.0 Å². The first kappa shape index (κ1) is 23.9. The van der Waals surface area contributed by atoms with Crippen LogP contribution in [0.4, 0.5) is 0 Å². The number of ether oxygens (including phenoxy) is 2. The number of pyridine rings is 1. The second kappa shape index (κ2) is 10.0. The Morgan fingerprint density at radius 2 is 1.58 bits per heavy atom. The number of hydrogen-bond donors (Lipinski definition) is 1. The number of methoxy groups -OCH3 is 2. The normalized spacial score (nSPS) is 17.2. The maximum absolute atomic E-state index is 5.89. The summed E-state index contributed by atoms with van der Waals surface area (Å²) in [5.74, 6) is 1.68. The molecule has 36 heavy (non-hydrogen) atoms. The Kier molecular flexibility index (Phi) is 6.65. The Labute approximate surface area is 217 Å². The minimum Gasteiger partial charge on any atom is -0.497 e. The van der Waals surface area contributed by atoms with Gasteiger partial charge in [-0.1, -0.05) is 18.2 Å². The standard InChI is InChI=1S/C29H30N4O2S/c1-19-17-25(20(2)33(19)22-10-14-24(35-4)15-11-22)28-27(26-7-5-6-16-30-26)31-29(36)32(28)18-21-8-12-23(34-3)13-9-21/h5-17,27-28H,18H2,1-4H3,(H,31,36). The van der Waals surface area contributed by atoms with Crippen LogP contribution in [0.15, 0.2) is 79.0 Å². The summed E-state index contributed by atoms with van der Waals surface area (Å²) in [6, 6.07) is 24.5. The van der Waals surface area contributed by atoms with Crippen LogP contribution in [-0.2, 0) is 6.54 Å². The van der Waals surface area contributed by atoms with Crippen LogP contribution < -0.4 is 14.8 Å². The second-order valence-electron chi connectivity index (χ2n) is 8.96. The molecule has 0 amide bonds. The van der Waals surface area contributed by atoms with Gasteiger partial charge < -0.3 is 24.3 Å². The molecule has 1 N–H and O–H groups in total. The Morgan fingerprint density at radius 1 is 0.917 bits per heavy atom. The number of benzene rings is 2. The van der Waals surface area contributed by atoms with E-state index >= 15 is 0 Å². The third-order valence-corrected chi connectivity index (χ3v) is 7.18. The topological polar surface area (TPSA) is 51.5 Å². The number of aromatic nitrogens is 2. The summed E-state index contributed by atoms with van der Waals surface area (Å²) in [6.45, 7) is 5.00. The molecule has 184 valence electrons. The Morgan fingerprint density at radius 3 is 2.19 bits per heavy atom. The quantitative estimate of drug-likeness (QED) is 0.331. The van der Waals surface area contributed by atoms with Crippen LogP contribution in [0.25, 0.3) is 5.69 Å². The van der Waals surface area contributed by atoms with E-state index in [0.29, 0.717) is 6.54 Å². The molecule has 2 unspecified atom stereocenters. The van der Waals surface area contributed by atoms with Crippen molar-refractivity contribution in [3.63, 3.8) is 0 Å². The van der Waals surface area contributed by atoms with E-state index in [4.69, 9.17) is 21.7 Å². The summed E-state index contributed by atoms with van der Waals surface area (Å²) in [4.78, 5) is 6.96. The van der Waals surface area contributed by atoms with E-state index in [0.717, 1.165) is 39.3 Å². The summed E-state index contributed by atoms with van der Waals surface area (Å²) in [5.41, 5.74) is 6.79. The Bertz CT molecular complexity index is 1350. The van der Waals surface area contributed by atoms with Gasteiger partial charge in [0.1, 0.15) is 11.5 Å². The molecule has 6 nitrogen and oxygen atoms in total. The van der Waals surface area contributed by atoms with Crippen LogP contribution >= 0.6 is 12.2 Å². The minimum absolute atomic E-state index is 0.0206. The number of nitrogens with one attached hydrogen (secondary N) is 1. The molecule has 0 aliphatic carbocycles. The average Bonchev–Trinajstić information content (AvgIpc) is 3.39. The lowest BCUT2D eigenvalue weighted by Crippen LogP contribution is -2.29. The van der Waals surface area contributed by atoms with Crippen LogP contribution in [0.5, 0.6) is 11.5 Å². The van der Waals surface area contributed by atoms with Gasteiger partial charge in [-0.25, -0.2) is 0 Å². The SMILES string of the molecule is COc1ccc(CN2C(=S)NC(c3ccccn3)C2c2cc(C)n(-c3ccc(OC)cc3)c2C)cc1. The molecule has 3 heterocycles. The highest BCUT2D eigenvalue weighted by atomic mass is 32.1. The fourth-order valence-electron chi connectivity index (χ4n) is 5.06. The van der Waals surface area contributed by atoms with Crippen LogP contribution in [0.2, 0.25) is 0 Å². The Hall–Kier alpha value is -3.84. The van der Waals surface area contributed by atoms with E-state index < -0.39 is 0 Å². The first-order chi connectivity index (χ1) is 17.5. The number of thiocarbonyl (C=S) groups is 1. The van der Waals surface area contributed by atoms with Crippen molar-refractivity contribution in [2.45, 2.75) is 32.5 Å². The highest BCUT2D eigenvalue weighted by Crippen LogP contribution is 2.42. The van der Waals surface area contributed by atoms with E-state index in [1.54, 1.807) is 14.2 Å². The summed E-state index contributed by atoms with van der Waals surface area (Å²) >= 11 is 5.89.